The van der Waals surface area contributed by atoms with E-state index in [0.717, 1.165) is 55.4 Å². The molecule has 6 heterocycles. The van der Waals surface area contributed by atoms with Crippen LogP contribution in [0.5, 0.6) is 17.2 Å². The molecule has 3 fully saturated rings. The molecule has 3 atom stereocenters. The van der Waals surface area contributed by atoms with Crippen molar-refractivity contribution in [3.05, 3.63) is 88.0 Å². The normalized spacial score (nSPS) is 20.1. The number of carbonyl (C=O) groups is 8. The highest BCUT2D eigenvalue weighted by molar-refractivity contribution is 7.59. The molecule has 6 aliphatic heterocycles. The van der Waals surface area contributed by atoms with Gasteiger partial charge in [0.2, 0.25) is 30.5 Å². The Kier molecular flexibility index (Phi) is 25.6. The fourth-order valence-electron chi connectivity index (χ4n) is 10.2. The highest BCUT2D eigenvalue weighted by Crippen LogP contribution is 2.33. The van der Waals surface area contributed by atoms with Gasteiger partial charge < -0.3 is 53.5 Å². The fraction of sp³-hybridized carbons (Fsp3) is 0.527. The molecule has 6 aliphatic rings. The van der Waals surface area contributed by atoms with Crippen molar-refractivity contribution in [3.63, 3.8) is 0 Å². The lowest BCUT2D eigenvalue weighted by Crippen LogP contribution is -2.46. The number of hydrogen-bond acceptors (Lipinski definition) is 16. The Balaban J connectivity index is 0.000000251. The predicted octanol–water partition coefficient (Wildman–Crippen LogP) is 4.67. The molecule has 3 aromatic rings. The molecule has 21 nitrogen and oxygen atoms in total. The fourth-order valence-corrected chi connectivity index (χ4v) is 10.2. The van der Waals surface area contributed by atoms with Gasteiger partial charge in [0, 0.05) is 80.3 Å². The number of piperidine rings is 3. The molecule has 2 N–H and O–H groups in total. The number of carbonyl (C=O) groups excluding carboxylic acids is 8. The van der Waals surface area contributed by atoms with Crippen molar-refractivity contribution in [1.29, 1.82) is 0 Å². The number of esters is 2. The van der Waals surface area contributed by atoms with E-state index in [2.05, 4.69) is 10.2 Å². The van der Waals surface area contributed by atoms with Gasteiger partial charge in [-0.3, -0.25) is 28.9 Å². The Bertz CT molecular complexity index is 2470. The monoisotopic (exact) mass is 1160 g/mol. The van der Waals surface area contributed by atoms with Gasteiger partial charge in [0.1, 0.15) is 37.1 Å². The van der Waals surface area contributed by atoms with Gasteiger partial charge in [-0.25, -0.2) is 14.4 Å². The third-order valence-corrected chi connectivity index (χ3v) is 15.0. The molecule has 3 aromatic carbocycles. The molecule has 9 rings (SSSR count). The summed E-state index contributed by atoms with van der Waals surface area (Å²) in [5.41, 5.74) is 3.67. The van der Waals surface area contributed by atoms with Crippen LogP contribution >= 0.6 is 40.5 Å². The van der Waals surface area contributed by atoms with E-state index < -0.39 is 11.9 Å². The molecule has 0 unspecified atom stereocenters. The van der Waals surface area contributed by atoms with Gasteiger partial charge in [0.15, 0.2) is 0 Å². The van der Waals surface area contributed by atoms with E-state index in [9.17, 15) is 38.4 Å². The summed E-state index contributed by atoms with van der Waals surface area (Å²) < 4.78 is 27.0. The predicted molar refractivity (Wildman–Crippen MR) is 304 cm³/mol. The van der Waals surface area contributed by atoms with Crippen molar-refractivity contribution in [2.45, 2.75) is 97.1 Å². The number of nitrogens with one attached hydrogen (secondary N) is 1. The highest BCUT2D eigenvalue weighted by Gasteiger charge is 2.36. The van der Waals surface area contributed by atoms with Gasteiger partial charge in [-0.1, -0.05) is 18.2 Å². The summed E-state index contributed by atoms with van der Waals surface area (Å²) in [4.78, 5) is 108. The SMILES string of the molecule is COC(=O)c1ccc2c(c1)OC[C@H](C)N(C(=O)C1CCN(C=O)CC1)C2.COC(=O)c1ccc2c(c1)OC[C@H](C)N(C(=O)C1CCNCC1)C2.C[C@H]1COc2cc(C(=O)OO)ccc2CN1C(=O)C1CCN(C=O)CC1.S.S.S. The van der Waals surface area contributed by atoms with E-state index in [-0.39, 0.29) is 106 Å². The Morgan fingerprint density at radius 3 is 1.10 bits per heavy atom. The number of methoxy groups -OCH3 is 2. The molecule has 0 bridgehead atoms. The van der Waals surface area contributed by atoms with Gasteiger partial charge >= 0.3 is 17.9 Å². The minimum absolute atomic E-state index is 0. The largest absolute Gasteiger partial charge is 0.491 e. The van der Waals surface area contributed by atoms with Gasteiger partial charge in [-0.05, 0) is 109 Å². The Hall–Kier alpha value is -6.21. The topological polar surface area (TPSA) is 240 Å². The second kappa shape index (κ2) is 31.0. The summed E-state index contributed by atoms with van der Waals surface area (Å²) in [6, 6.07) is 15.0. The lowest BCUT2D eigenvalue weighted by Gasteiger charge is -2.34. The Morgan fingerprint density at radius 2 is 0.810 bits per heavy atom. The molecule has 434 valence electrons. The van der Waals surface area contributed by atoms with Crippen LogP contribution in [-0.2, 0) is 58.0 Å². The minimum Gasteiger partial charge on any atom is -0.491 e. The summed E-state index contributed by atoms with van der Waals surface area (Å²) in [5.74, 6) is 0.427. The molecule has 0 aromatic heterocycles. The van der Waals surface area contributed by atoms with Crippen LogP contribution < -0.4 is 19.5 Å². The van der Waals surface area contributed by atoms with E-state index in [1.54, 1.807) is 45.0 Å². The average Bonchev–Trinajstić information content (AvgIpc) is 3.89. The van der Waals surface area contributed by atoms with Gasteiger partial charge in [-0.15, -0.1) is 0 Å². The van der Waals surface area contributed by atoms with E-state index in [0.29, 0.717) is 120 Å². The molecule has 3 saturated heterocycles. The van der Waals surface area contributed by atoms with Gasteiger partial charge in [0.05, 0.1) is 49.0 Å². The molecule has 5 amide bonds. The maximum absolute atomic E-state index is 13.0. The number of ether oxygens (including phenoxy) is 5. The first-order valence-electron chi connectivity index (χ1n) is 26.0. The van der Waals surface area contributed by atoms with Crippen molar-refractivity contribution < 1.29 is 72.2 Å². The van der Waals surface area contributed by atoms with E-state index >= 15 is 0 Å². The zero-order valence-electron chi connectivity index (χ0n) is 45.4. The van der Waals surface area contributed by atoms with E-state index in [1.807, 2.05) is 42.7 Å². The molecule has 0 aliphatic carbocycles. The van der Waals surface area contributed by atoms with Crippen LogP contribution in [0.4, 0.5) is 0 Å². The molecular weight excluding hydrogens is 1080 g/mol. The van der Waals surface area contributed by atoms with Crippen molar-refractivity contribution in [2.24, 2.45) is 17.8 Å². The number of fused-ring (bicyclic) bond motifs is 3. The highest BCUT2D eigenvalue weighted by atomic mass is 32.1. The first-order valence-corrected chi connectivity index (χ1v) is 26.0. The number of hydrogen-bond donors (Lipinski definition) is 2. The van der Waals surface area contributed by atoms with Crippen molar-refractivity contribution >= 4 is 88.9 Å². The summed E-state index contributed by atoms with van der Waals surface area (Å²) in [6.45, 7) is 12.6. The average molecular weight is 1160 g/mol. The summed E-state index contributed by atoms with van der Waals surface area (Å²) in [6.07, 6.45) is 6.15. The van der Waals surface area contributed by atoms with E-state index in [4.69, 9.17) is 28.9 Å². The first kappa shape index (κ1) is 65.3. The summed E-state index contributed by atoms with van der Waals surface area (Å²) in [7, 11) is 2.70. The maximum atomic E-state index is 13.0. The lowest BCUT2D eigenvalue weighted by atomic mass is 9.94. The quantitative estimate of drug-likeness (QED) is 0.102. The molecule has 0 radical (unpaired) electrons. The van der Waals surface area contributed by atoms with Crippen LogP contribution in [0.1, 0.15) is 107 Å². The first-order chi connectivity index (χ1) is 36.7. The third kappa shape index (κ3) is 16.5. The smallest absolute Gasteiger partial charge is 0.372 e. The molecule has 0 saturated carbocycles. The second-order valence-electron chi connectivity index (χ2n) is 20.1. The third-order valence-electron chi connectivity index (χ3n) is 15.0. The molecule has 79 heavy (non-hydrogen) atoms. The van der Waals surface area contributed by atoms with Crippen LogP contribution in [-0.4, -0.2) is 170 Å². The number of nitrogens with zero attached hydrogens (tertiary/aromatic N) is 5. The lowest BCUT2D eigenvalue weighted by molar-refractivity contribution is -0.182. The Labute approximate surface area is 482 Å². The number of amides is 5. The molecule has 24 heteroatoms. The van der Waals surface area contributed by atoms with Crippen molar-refractivity contribution in [1.82, 2.24) is 29.8 Å². The number of benzene rings is 3. The summed E-state index contributed by atoms with van der Waals surface area (Å²) >= 11 is 0. The maximum Gasteiger partial charge on any atom is 0.372 e. The zero-order valence-corrected chi connectivity index (χ0v) is 48.4. The number of likely N-dealkylation sites (tertiary alicyclic amines) is 2. The molecule has 0 spiro atoms. The second-order valence-corrected chi connectivity index (χ2v) is 20.1. The van der Waals surface area contributed by atoms with Crippen molar-refractivity contribution in [2.75, 3.05) is 73.3 Å². The van der Waals surface area contributed by atoms with Crippen LogP contribution in [0.3, 0.4) is 0 Å². The van der Waals surface area contributed by atoms with Gasteiger partial charge in [-0.2, -0.15) is 45.7 Å². The zero-order chi connectivity index (χ0) is 54.5. The van der Waals surface area contributed by atoms with Crippen LogP contribution in [0.15, 0.2) is 54.6 Å². The molecular formula is C55H76N6O15S3. The minimum atomic E-state index is -0.858. The summed E-state index contributed by atoms with van der Waals surface area (Å²) in [5, 5.41) is 11.8. The number of rotatable bonds is 8. The van der Waals surface area contributed by atoms with Crippen LogP contribution in [0, 0.1) is 17.8 Å². The van der Waals surface area contributed by atoms with Crippen molar-refractivity contribution in [3.8, 4) is 17.2 Å². The van der Waals surface area contributed by atoms with E-state index in [1.165, 1.54) is 26.4 Å². The van der Waals surface area contributed by atoms with Crippen LogP contribution in [0.2, 0.25) is 0 Å². The van der Waals surface area contributed by atoms with Gasteiger partial charge in [0.25, 0.3) is 0 Å². The standard InChI is InChI=1S/C19H24N2O5.C18H22N2O6.C18H24N2O4.3H2S/c1-13-11-26-17-9-15(19(24)25-2)3-4-16(17)10-21(13)18(23)14-5-7-20(12-22)8-6-14;1-12-10-25-16-8-14(18(23)26-24)2-3-15(16)9-20(12)17(22)13-4-6-19(11-21)7-5-13;1-12-11-24-16-9-14(18(22)23-2)3-4-15(16)10-20(12)17(21)13-5-7-19-8-6-13;;;/h3-4,9,12-14H,5-8,10-11H2,1-2H3;2-3,8,11-13,24H,4-7,9-10H2,1H3;3-4,9,12-13,19H,5-8,10-11H2,1-2H3;3*1H2/t13-;2*12-;;;/m000.../s1. The Morgan fingerprint density at radius 1 is 0.506 bits per heavy atom. The van der Waals surface area contributed by atoms with Crippen LogP contribution in [0.25, 0.3) is 0 Å².